The number of rotatable bonds is 0. The van der Waals surface area contributed by atoms with Gasteiger partial charge in [-0.1, -0.05) is 0 Å². The number of hydrogen-bond donors (Lipinski definition) is 0. The third-order valence-corrected chi connectivity index (χ3v) is 0. The standard InChI is InChI=1S/4O.2H3P.W/h;;;;2*1H3;/q;;2*-1;;;/p+2. The molecule has 0 saturated heterocycles. The van der Waals surface area contributed by atoms with Crippen molar-refractivity contribution in [1.29, 1.82) is 0 Å². The van der Waals surface area contributed by atoms with E-state index in [1.54, 1.807) is 0 Å². The molecule has 0 aliphatic heterocycles. The third-order valence-electron chi connectivity index (χ3n) is 0. The van der Waals surface area contributed by atoms with Crippen LogP contribution in [-0.4, -0.2) is 0 Å². The van der Waals surface area contributed by atoms with Crippen molar-refractivity contribution >= 4 is 19.8 Å². The Labute approximate surface area is 51.3 Å². The molecular weight excluding hydrogens is 310 g/mol. The van der Waals surface area contributed by atoms with Gasteiger partial charge in [-0.15, -0.1) is 0 Å². The van der Waals surface area contributed by atoms with E-state index in [9.17, 15) is 0 Å². The molecule has 0 rings (SSSR count). The maximum absolute atomic E-state index is 8.65. The first-order valence-electron chi connectivity index (χ1n) is 0.667. The van der Waals surface area contributed by atoms with Crippen molar-refractivity contribution in [2.24, 2.45) is 0 Å². The van der Waals surface area contributed by atoms with Crippen LogP contribution in [0.15, 0.2) is 0 Å². The van der Waals surface area contributed by atoms with Gasteiger partial charge >= 0.3 is 31.1 Å². The molecule has 0 aromatic rings. The van der Waals surface area contributed by atoms with Gasteiger partial charge in [0.2, 0.25) is 0 Å². The van der Waals surface area contributed by atoms with Gasteiger partial charge in [0, 0.05) is 0 Å². The van der Waals surface area contributed by atoms with Crippen molar-refractivity contribution in [3.63, 3.8) is 0 Å². The fourth-order valence-electron chi connectivity index (χ4n) is 0. The molecule has 0 aliphatic rings. The fourth-order valence-corrected chi connectivity index (χ4v) is 0. The Kier molecular flexibility index (Phi) is 11.7. The second-order valence-electron chi connectivity index (χ2n) is 0.408. The summed E-state index contributed by atoms with van der Waals surface area (Å²) in [5, 5.41) is 0. The van der Waals surface area contributed by atoms with Crippen molar-refractivity contribution in [2.45, 2.75) is 0 Å². The van der Waals surface area contributed by atoms with Gasteiger partial charge in [0.25, 0.3) is 0 Å². The molecule has 7 heavy (non-hydrogen) atoms. The van der Waals surface area contributed by atoms with E-state index >= 15 is 0 Å². The molecule has 2 atom stereocenters. The fraction of sp³-hybridized carbons (Fsp3) is 0. The van der Waals surface area contributed by atoms with Gasteiger partial charge in [0.05, 0.1) is 0 Å². The average molecular weight is 318 g/mol. The van der Waals surface area contributed by atoms with Crippen LogP contribution in [0.2, 0.25) is 0 Å². The van der Waals surface area contributed by atoms with Crippen LogP contribution < -0.4 is 7.52 Å². The zero-order valence-corrected chi connectivity index (χ0v) is 11.0. The molecule has 7 heteroatoms. The molecule has 0 N–H and O–H groups in total. The molecular formula is H8O4P2W. The number of hydrogen-bond acceptors (Lipinski definition) is 4. The molecule has 0 amide bonds. The smallest absolute Gasteiger partial charge is 0.0395 e. The zero-order chi connectivity index (χ0) is 4.50. The third kappa shape index (κ3) is 159. The maximum atomic E-state index is 8.65. The average Bonchev–Trinajstić information content (AvgIpc) is 0.722. The van der Waals surface area contributed by atoms with Crippen molar-refractivity contribution in [2.75, 3.05) is 0 Å². The van der Waals surface area contributed by atoms with Crippen molar-refractivity contribution in [1.82, 2.24) is 0 Å². The molecule has 0 aromatic carbocycles. The van der Waals surface area contributed by atoms with E-state index in [2.05, 4.69) is 0 Å². The summed E-state index contributed by atoms with van der Waals surface area (Å²) in [5.41, 5.74) is 0. The maximum Gasteiger partial charge on any atom is -0.0395 e. The Morgan fingerprint density at radius 2 is 1.00 bits per heavy atom. The summed E-state index contributed by atoms with van der Waals surface area (Å²) < 4.78 is 34.6. The molecule has 48 valence electrons. The van der Waals surface area contributed by atoms with Crippen LogP contribution in [0, 0.1) is 0 Å². The van der Waals surface area contributed by atoms with E-state index < -0.39 is 16.7 Å². The van der Waals surface area contributed by atoms with E-state index in [0.717, 1.165) is 0 Å². The van der Waals surface area contributed by atoms with Crippen molar-refractivity contribution in [3.05, 3.63) is 0 Å². The van der Waals surface area contributed by atoms with Crippen LogP contribution in [-0.2, 0) is 23.5 Å². The quantitative estimate of drug-likeness (QED) is 0.445. The Hall–Kier alpha value is 1.07. The van der Waals surface area contributed by atoms with E-state index in [0.29, 0.717) is 0 Å². The second-order valence-corrected chi connectivity index (χ2v) is 3.34. The van der Waals surface area contributed by atoms with Gasteiger partial charge in [-0.25, -0.2) is 0 Å². The van der Waals surface area contributed by atoms with E-state index in [-0.39, 0.29) is 19.8 Å². The minimum atomic E-state index is -6.17. The van der Waals surface area contributed by atoms with Crippen LogP contribution >= 0.6 is 19.8 Å². The Morgan fingerprint density at radius 1 is 1.00 bits per heavy atom. The van der Waals surface area contributed by atoms with E-state index in [4.69, 9.17) is 14.3 Å². The van der Waals surface area contributed by atoms with Crippen molar-refractivity contribution < 1.29 is 31.1 Å². The second kappa shape index (κ2) is 5.21. The van der Waals surface area contributed by atoms with Crippen LogP contribution in [0.4, 0.5) is 0 Å². The summed E-state index contributed by atoms with van der Waals surface area (Å²) in [6.07, 6.45) is 0. The molecule has 0 aromatic heterocycles. The van der Waals surface area contributed by atoms with Gasteiger partial charge in [0.1, 0.15) is 0 Å². The van der Waals surface area contributed by atoms with Gasteiger partial charge in [-0.3, -0.25) is 0 Å². The first-order chi connectivity index (χ1) is 2.00. The van der Waals surface area contributed by atoms with Gasteiger partial charge in [-0.05, 0) is 19.8 Å². The molecule has 0 spiro atoms. The SMILES string of the molecule is [O]=[W](=[O])([O-])[O-].[PH4+].[PH4+]. The molecule has 0 fully saturated rings. The first kappa shape index (κ1) is 15.7. The van der Waals surface area contributed by atoms with Crippen LogP contribution in [0.1, 0.15) is 0 Å². The molecule has 0 heterocycles. The van der Waals surface area contributed by atoms with Crippen LogP contribution in [0.5, 0.6) is 0 Å². The van der Waals surface area contributed by atoms with E-state index in [1.165, 1.54) is 0 Å². The summed E-state index contributed by atoms with van der Waals surface area (Å²) in [6, 6.07) is 0. The molecule has 2 unspecified atom stereocenters. The van der Waals surface area contributed by atoms with Gasteiger partial charge in [-0.2, -0.15) is 0 Å². The molecule has 4 nitrogen and oxygen atoms in total. The molecule has 0 radical (unpaired) electrons. The summed E-state index contributed by atoms with van der Waals surface area (Å²) in [4.78, 5) is 0. The zero-order valence-electron chi connectivity index (χ0n) is 4.04. The predicted octanol–water partition coefficient (Wildman–Crippen LogP) is -3.04. The predicted molar refractivity (Wildman–Crippen MR) is 26.4 cm³/mol. The normalized spacial score (nSPS) is 8.29. The Morgan fingerprint density at radius 3 is 1.00 bits per heavy atom. The first-order valence-corrected chi connectivity index (χ1v) is 5.46. The molecule has 0 bridgehead atoms. The summed E-state index contributed by atoms with van der Waals surface area (Å²) in [7, 11) is 0. The summed E-state index contributed by atoms with van der Waals surface area (Å²) in [6.45, 7) is 0. The van der Waals surface area contributed by atoms with Crippen molar-refractivity contribution in [3.8, 4) is 0 Å². The van der Waals surface area contributed by atoms with Gasteiger partial charge in [0.15, 0.2) is 0 Å². The van der Waals surface area contributed by atoms with Crippen LogP contribution in [0.3, 0.4) is 0 Å². The minimum absolute atomic E-state index is 0. The topological polar surface area (TPSA) is 80.3 Å². The monoisotopic (exact) mass is 318 g/mol. The summed E-state index contributed by atoms with van der Waals surface area (Å²) in [5.74, 6) is 0. The largest absolute Gasteiger partial charge is 0.0395 e. The van der Waals surface area contributed by atoms with Gasteiger partial charge < -0.3 is 0 Å². The minimum Gasteiger partial charge on any atom is -0.0395 e. The van der Waals surface area contributed by atoms with E-state index in [1.807, 2.05) is 0 Å². The molecule has 0 aliphatic carbocycles. The Bertz CT molecular complexity index is 92.9. The van der Waals surface area contributed by atoms with Crippen LogP contribution in [0.25, 0.3) is 0 Å². The Balaban J connectivity index is -0.0000000800. The molecule has 0 saturated carbocycles. The summed E-state index contributed by atoms with van der Waals surface area (Å²) >= 11 is -6.17.